The molecule has 0 saturated heterocycles. The van der Waals surface area contributed by atoms with Crippen molar-refractivity contribution in [2.75, 3.05) is 0 Å². The molecule has 0 spiro atoms. The van der Waals surface area contributed by atoms with Crippen LogP contribution in [0.5, 0.6) is 11.5 Å². The predicted octanol–water partition coefficient (Wildman–Crippen LogP) is 6.45. The third-order valence-electron chi connectivity index (χ3n) is 3.98. The van der Waals surface area contributed by atoms with E-state index in [0.29, 0.717) is 20.8 Å². The lowest BCUT2D eigenvalue weighted by Crippen LogP contribution is -1.97. The number of benzene rings is 2. The molecule has 7 nitrogen and oxygen atoms in total. The second-order valence-corrected chi connectivity index (χ2v) is 8.09. The Morgan fingerprint density at radius 3 is 2.23 bits per heavy atom. The molecule has 1 N–H and O–H groups in total. The Balaban J connectivity index is 0.000000770. The number of rotatable bonds is 7. The van der Waals surface area contributed by atoms with Crippen LogP contribution in [-0.4, -0.2) is 15.2 Å². The van der Waals surface area contributed by atoms with Crippen molar-refractivity contribution in [1.82, 2.24) is 9.97 Å². The van der Waals surface area contributed by atoms with E-state index in [-0.39, 0.29) is 1.43 Å². The summed E-state index contributed by atoms with van der Waals surface area (Å²) in [6, 6.07) is 13.1. The minimum atomic E-state index is -3.04. The number of halogens is 3. The molecule has 0 amide bonds. The summed E-state index contributed by atoms with van der Waals surface area (Å²) in [5.41, 5.74) is 2.94. The van der Waals surface area contributed by atoms with Gasteiger partial charge in [-0.2, -0.15) is 0 Å². The molecule has 3 rings (SSSR count). The highest BCUT2D eigenvalue weighted by Gasteiger charge is 2.06. The number of nitrogens with zero attached hydrogens (tertiary/aromatic N) is 2. The van der Waals surface area contributed by atoms with Gasteiger partial charge in [0.05, 0.1) is 16.4 Å². The van der Waals surface area contributed by atoms with E-state index in [4.69, 9.17) is 54.3 Å². The second-order valence-electron chi connectivity index (χ2n) is 6.23. The first-order valence-electron chi connectivity index (χ1n) is 8.93. The molecule has 1 unspecified atom stereocenters. The molecule has 0 aliphatic rings. The molecular formula is C20H20Cl3N2O5P. The fraction of sp³-hybridized carbons (Fsp3) is 0.200. The highest BCUT2D eigenvalue weighted by Crippen LogP contribution is 2.28. The van der Waals surface area contributed by atoms with Crippen LogP contribution in [0.25, 0.3) is 0 Å². The topological polar surface area (TPSA) is 105 Å². The van der Waals surface area contributed by atoms with E-state index in [1.165, 1.54) is 5.56 Å². The van der Waals surface area contributed by atoms with E-state index in [9.17, 15) is 0 Å². The maximum absolute atomic E-state index is 8.93. The van der Waals surface area contributed by atoms with Crippen LogP contribution in [-0.2, 0) is 22.1 Å². The Morgan fingerprint density at radius 1 is 1.03 bits per heavy atom. The highest BCUT2D eigenvalue weighted by atomic mass is 35.5. The normalized spacial score (nSPS) is 10.8. The van der Waals surface area contributed by atoms with Gasteiger partial charge in [0.2, 0.25) is 0 Å². The molecule has 0 fully saturated rings. The summed E-state index contributed by atoms with van der Waals surface area (Å²) in [4.78, 5) is 17.3. The van der Waals surface area contributed by atoms with Crippen LogP contribution in [0.2, 0.25) is 15.1 Å². The van der Waals surface area contributed by atoms with Gasteiger partial charge in [0.1, 0.15) is 17.8 Å². The molecule has 0 radical (unpaired) electrons. The Bertz CT molecular complexity index is 1010. The average molecular weight is 506 g/mol. The summed E-state index contributed by atoms with van der Waals surface area (Å²) in [5, 5.41) is 8.80. The molecule has 1 aromatic heterocycles. The summed E-state index contributed by atoms with van der Waals surface area (Å²) < 4.78 is 17.4. The molecule has 166 valence electrons. The SMILES string of the molecule is Cc1ncnc(CCCc2ccc(Oc3cc(Cl)cc(Cl)c3)cc2)c1Cl.O=[P+]([O-])OO.[HH]. The maximum atomic E-state index is 8.93. The average Bonchev–Trinajstić information content (AvgIpc) is 2.72. The van der Waals surface area contributed by atoms with Gasteiger partial charge >= 0.3 is 8.25 Å². The van der Waals surface area contributed by atoms with Crippen molar-refractivity contribution in [2.24, 2.45) is 0 Å². The lowest BCUT2D eigenvalue weighted by atomic mass is 10.1. The third kappa shape index (κ3) is 9.05. The zero-order chi connectivity index (χ0) is 22.8. The van der Waals surface area contributed by atoms with Gasteiger partial charge < -0.3 is 9.63 Å². The summed E-state index contributed by atoms with van der Waals surface area (Å²) in [6.45, 7) is 1.89. The minimum absolute atomic E-state index is 0. The lowest BCUT2D eigenvalue weighted by molar-refractivity contribution is -0.244. The first-order valence-corrected chi connectivity index (χ1v) is 11.2. The summed E-state index contributed by atoms with van der Waals surface area (Å²) in [7, 11) is -3.04. The smallest absolute Gasteiger partial charge is 0.521 e. The fourth-order valence-corrected chi connectivity index (χ4v) is 3.29. The van der Waals surface area contributed by atoms with Crippen molar-refractivity contribution in [3.05, 3.63) is 80.8 Å². The van der Waals surface area contributed by atoms with Gasteiger partial charge in [-0.05, 0) is 66.6 Å². The summed E-state index contributed by atoms with van der Waals surface area (Å²) in [5.74, 6) is 1.35. The lowest BCUT2D eigenvalue weighted by Gasteiger charge is -2.08. The molecule has 3 aromatic rings. The standard InChI is InChI=1S/C20H17Cl3N2O.HO4P.H2/c1-13-20(23)19(25-12-24-13)4-2-3-14-5-7-17(8-6-14)26-18-10-15(21)9-16(22)11-18;1-4-5(2)3;/h5-12H,2-4H2,1H3;1H;1H. The van der Waals surface area contributed by atoms with E-state index in [1.807, 2.05) is 31.2 Å². The summed E-state index contributed by atoms with van der Waals surface area (Å²) >= 11 is 18.2. The first-order chi connectivity index (χ1) is 14.8. The highest BCUT2D eigenvalue weighted by molar-refractivity contribution is 7.30. The number of hydrogen-bond acceptors (Lipinski definition) is 7. The number of aryl methyl sites for hydroxylation is 3. The predicted molar refractivity (Wildman–Crippen MR) is 120 cm³/mol. The van der Waals surface area contributed by atoms with Crippen LogP contribution in [0.4, 0.5) is 0 Å². The van der Waals surface area contributed by atoms with Gasteiger partial charge in [0.25, 0.3) is 0 Å². The first kappa shape index (κ1) is 25.4. The van der Waals surface area contributed by atoms with Crippen LogP contribution in [0.1, 0.15) is 24.8 Å². The van der Waals surface area contributed by atoms with E-state index >= 15 is 0 Å². The van der Waals surface area contributed by atoms with Crippen LogP contribution in [0.3, 0.4) is 0 Å². The van der Waals surface area contributed by atoms with E-state index in [1.54, 1.807) is 24.5 Å². The zero-order valence-corrected chi connectivity index (χ0v) is 19.5. The number of hydrogen-bond donors (Lipinski definition) is 1. The Kier molecular flexibility index (Phi) is 10.6. The van der Waals surface area contributed by atoms with Gasteiger partial charge in [-0.3, -0.25) is 0 Å². The zero-order valence-electron chi connectivity index (χ0n) is 16.3. The minimum Gasteiger partial charge on any atom is -0.565 e. The van der Waals surface area contributed by atoms with Gasteiger partial charge in [-0.1, -0.05) is 46.9 Å². The molecule has 0 aliphatic carbocycles. The van der Waals surface area contributed by atoms with Crippen molar-refractivity contribution in [3.63, 3.8) is 0 Å². The summed E-state index contributed by atoms with van der Waals surface area (Å²) in [6.07, 6.45) is 4.27. The Labute approximate surface area is 196 Å². The third-order valence-corrected chi connectivity index (χ3v) is 5.04. The second kappa shape index (κ2) is 12.9. The quantitative estimate of drug-likeness (QED) is 0.223. The number of aromatic nitrogens is 2. The van der Waals surface area contributed by atoms with Crippen LogP contribution >= 0.6 is 43.1 Å². The molecule has 0 aliphatic heterocycles. The van der Waals surface area contributed by atoms with E-state index in [2.05, 4.69) is 14.6 Å². The van der Waals surface area contributed by atoms with Crippen LogP contribution < -0.4 is 9.63 Å². The Morgan fingerprint density at radius 2 is 1.65 bits per heavy atom. The van der Waals surface area contributed by atoms with E-state index in [0.717, 1.165) is 36.4 Å². The van der Waals surface area contributed by atoms with Crippen molar-refractivity contribution in [2.45, 2.75) is 26.2 Å². The molecule has 2 aromatic carbocycles. The van der Waals surface area contributed by atoms with Crippen molar-refractivity contribution in [1.29, 1.82) is 0 Å². The molecule has 31 heavy (non-hydrogen) atoms. The van der Waals surface area contributed by atoms with Crippen molar-refractivity contribution >= 4 is 43.1 Å². The van der Waals surface area contributed by atoms with Crippen molar-refractivity contribution < 1.29 is 25.6 Å². The van der Waals surface area contributed by atoms with Crippen molar-refractivity contribution in [3.8, 4) is 11.5 Å². The van der Waals surface area contributed by atoms with Gasteiger partial charge in [-0.25, -0.2) is 15.2 Å². The number of ether oxygens (including phenoxy) is 1. The van der Waals surface area contributed by atoms with Crippen LogP contribution in [0, 0.1) is 6.92 Å². The molecule has 0 bridgehead atoms. The van der Waals surface area contributed by atoms with E-state index < -0.39 is 8.25 Å². The molecule has 0 saturated carbocycles. The van der Waals surface area contributed by atoms with Gasteiger partial charge in [-0.15, -0.1) is 0 Å². The van der Waals surface area contributed by atoms with Gasteiger partial charge in [0, 0.05) is 16.1 Å². The largest absolute Gasteiger partial charge is 0.565 e. The molecular weight excluding hydrogens is 486 g/mol. The van der Waals surface area contributed by atoms with Crippen LogP contribution in [0.15, 0.2) is 48.8 Å². The molecule has 1 heterocycles. The Hall–Kier alpha value is -1.83. The fourth-order valence-electron chi connectivity index (χ4n) is 2.59. The van der Waals surface area contributed by atoms with Gasteiger partial charge in [0.15, 0.2) is 0 Å². The molecule has 1 atom stereocenters. The maximum Gasteiger partial charge on any atom is 0.521 e. The monoisotopic (exact) mass is 504 g/mol. The molecule has 11 heteroatoms.